The second-order valence-corrected chi connectivity index (χ2v) is 7.15. The minimum Gasteiger partial charge on any atom is -0.371 e. The van der Waals surface area contributed by atoms with Crippen LogP contribution in [0, 0.1) is 5.92 Å². The van der Waals surface area contributed by atoms with Gasteiger partial charge in [-0.25, -0.2) is 4.98 Å². The van der Waals surface area contributed by atoms with E-state index in [0.717, 1.165) is 29.5 Å². The summed E-state index contributed by atoms with van der Waals surface area (Å²) in [5.41, 5.74) is 6.87. The standard InChI is InChI=1S/C15H26N2OS/c1-10(2)13-12(9-16)19-14(17-13)15(18-4)7-5-11(3)6-8-15/h10-11H,5-9,16H2,1-4H3. The smallest absolute Gasteiger partial charge is 0.125 e. The molecule has 1 aromatic rings. The van der Waals surface area contributed by atoms with Crippen LogP contribution >= 0.6 is 11.3 Å². The topological polar surface area (TPSA) is 48.1 Å². The Morgan fingerprint density at radius 2 is 2.05 bits per heavy atom. The summed E-state index contributed by atoms with van der Waals surface area (Å²) in [5.74, 6) is 1.24. The largest absolute Gasteiger partial charge is 0.371 e. The number of nitrogens with two attached hydrogens (primary N) is 1. The second kappa shape index (κ2) is 5.90. The SMILES string of the molecule is COC1(c2nc(C(C)C)c(CN)s2)CCC(C)CC1. The summed E-state index contributed by atoms with van der Waals surface area (Å²) < 4.78 is 5.91. The monoisotopic (exact) mass is 282 g/mol. The third-order valence-corrected chi connectivity index (χ3v) is 5.60. The number of thiazole rings is 1. The molecule has 19 heavy (non-hydrogen) atoms. The average Bonchev–Trinajstić information content (AvgIpc) is 2.85. The van der Waals surface area contributed by atoms with E-state index in [9.17, 15) is 0 Å². The number of methoxy groups -OCH3 is 1. The molecule has 0 saturated heterocycles. The highest BCUT2D eigenvalue weighted by Gasteiger charge is 2.39. The van der Waals surface area contributed by atoms with E-state index in [1.807, 2.05) is 7.11 Å². The zero-order valence-corrected chi connectivity index (χ0v) is 13.3. The van der Waals surface area contributed by atoms with Crippen LogP contribution in [-0.2, 0) is 16.9 Å². The highest BCUT2D eigenvalue weighted by molar-refractivity contribution is 7.11. The Balaban J connectivity index is 2.33. The highest BCUT2D eigenvalue weighted by Crippen LogP contribution is 2.44. The van der Waals surface area contributed by atoms with Crippen LogP contribution in [0.4, 0.5) is 0 Å². The Labute approximate surface area is 120 Å². The van der Waals surface area contributed by atoms with E-state index in [0.29, 0.717) is 12.5 Å². The van der Waals surface area contributed by atoms with Gasteiger partial charge >= 0.3 is 0 Å². The molecule has 1 aliphatic rings. The van der Waals surface area contributed by atoms with Gasteiger partial charge in [-0.15, -0.1) is 11.3 Å². The van der Waals surface area contributed by atoms with Crippen molar-refractivity contribution in [3.63, 3.8) is 0 Å². The molecule has 0 radical (unpaired) electrons. The number of ether oxygens (including phenoxy) is 1. The first-order valence-electron chi connectivity index (χ1n) is 7.27. The van der Waals surface area contributed by atoms with Gasteiger partial charge in [0, 0.05) is 18.5 Å². The molecule has 1 heterocycles. The maximum Gasteiger partial charge on any atom is 0.125 e. The molecule has 0 bridgehead atoms. The van der Waals surface area contributed by atoms with Crippen molar-refractivity contribution in [2.45, 2.75) is 64.5 Å². The summed E-state index contributed by atoms with van der Waals surface area (Å²) in [4.78, 5) is 6.11. The van der Waals surface area contributed by atoms with Gasteiger partial charge in [0.15, 0.2) is 0 Å². The van der Waals surface area contributed by atoms with Crippen molar-refractivity contribution in [1.29, 1.82) is 0 Å². The van der Waals surface area contributed by atoms with Crippen molar-refractivity contribution in [2.24, 2.45) is 11.7 Å². The third kappa shape index (κ3) is 2.86. The van der Waals surface area contributed by atoms with Gasteiger partial charge in [-0.2, -0.15) is 0 Å². The molecule has 0 amide bonds. The predicted octanol–water partition coefficient (Wildman–Crippen LogP) is 3.78. The fourth-order valence-electron chi connectivity index (χ4n) is 2.89. The van der Waals surface area contributed by atoms with E-state index in [1.165, 1.54) is 17.7 Å². The van der Waals surface area contributed by atoms with Crippen LogP contribution in [0.3, 0.4) is 0 Å². The molecule has 0 aliphatic heterocycles. The van der Waals surface area contributed by atoms with Crippen molar-refractivity contribution in [3.05, 3.63) is 15.6 Å². The van der Waals surface area contributed by atoms with Gasteiger partial charge in [-0.05, 0) is 37.5 Å². The molecule has 1 aromatic heterocycles. The molecule has 0 spiro atoms. The van der Waals surface area contributed by atoms with E-state index >= 15 is 0 Å². The Hall–Kier alpha value is -0.450. The maximum atomic E-state index is 5.91. The lowest BCUT2D eigenvalue weighted by molar-refractivity contribution is -0.0532. The minimum absolute atomic E-state index is 0.158. The van der Waals surface area contributed by atoms with Gasteiger partial charge in [0.1, 0.15) is 10.6 Å². The van der Waals surface area contributed by atoms with Gasteiger partial charge in [0.05, 0.1) is 5.69 Å². The van der Waals surface area contributed by atoms with Gasteiger partial charge in [0.25, 0.3) is 0 Å². The molecule has 2 rings (SSSR count). The number of rotatable bonds is 4. The Bertz CT molecular complexity index is 420. The molecule has 0 aromatic carbocycles. The molecule has 0 atom stereocenters. The molecule has 4 heteroatoms. The van der Waals surface area contributed by atoms with Gasteiger partial charge < -0.3 is 10.5 Å². The number of nitrogens with zero attached hydrogens (tertiary/aromatic N) is 1. The number of hydrogen-bond donors (Lipinski definition) is 1. The van der Waals surface area contributed by atoms with Crippen molar-refractivity contribution >= 4 is 11.3 Å². The van der Waals surface area contributed by atoms with E-state index in [-0.39, 0.29) is 5.60 Å². The lowest BCUT2D eigenvalue weighted by Gasteiger charge is -2.36. The first kappa shape index (κ1) is 14.9. The van der Waals surface area contributed by atoms with Crippen LogP contribution in [0.1, 0.15) is 68.0 Å². The molecule has 0 unspecified atom stereocenters. The fraction of sp³-hybridized carbons (Fsp3) is 0.800. The summed E-state index contributed by atoms with van der Waals surface area (Å²) >= 11 is 1.76. The highest BCUT2D eigenvalue weighted by atomic mass is 32.1. The molecule has 108 valence electrons. The quantitative estimate of drug-likeness (QED) is 0.914. The average molecular weight is 282 g/mol. The number of hydrogen-bond acceptors (Lipinski definition) is 4. The first-order chi connectivity index (χ1) is 9.02. The van der Waals surface area contributed by atoms with Crippen LogP contribution in [0.5, 0.6) is 0 Å². The molecule has 1 saturated carbocycles. The lowest BCUT2D eigenvalue weighted by atomic mass is 9.80. The lowest BCUT2D eigenvalue weighted by Crippen LogP contribution is -2.33. The first-order valence-corrected chi connectivity index (χ1v) is 8.09. The van der Waals surface area contributed by atoms with E-state index < -0.39 is 0 Å². The van der Waals surface area contributed by atoms with Gasteiger partial charge in [-0.1, -0.05) is 20.8 Å². The van der Waals surface area contributed by atoms with Gasteiger partial charge in [0.2, 0.25) is 0 Å². The number of aromatic nitrogens is 1. The Morgan fingerprint density at radius 1 is 1.42 bits per heavy atom. The summed E-state index contributed by atoms with van der Waals surface area (Å²) in [5, 5.41) is 1.14. The second-order valence-electron chi connectivity index (χ2n) is 6.07. The summed E-state index contributed by atoms with van der Waals surface area (Å²) in [6.07, 6.45) is 4.62. The minimum atomic E-state index is -0.158. The molecular formula is C15H26N2OS. The van der Waals surface area contributed by atoms with Crippen molar-refractivity contribution < 1.29 is 4.74 Å². The van der Waals surface area contributed by atoms with Crippen LogP contribution in [-0.4, -0.2) is 12.1 Å². The summed E-state index contributed by atoms with van der Waals surface area (Å²) in [6, 6.07) is 0. The zero-order chi connectivity index (χ0) is 14.0. The molecule has 3 nitrogen and oxygen atoms in total. The van der Waals surface area contributed by atoms with E-state index in [2.05, 4.69) is 20.8 Å². The van der Waals surface area contributed by atoms with Crippen molar-refractivity contribution in [2.75, 3.05) is 7.11 Å². The third-order valence-electron chi connectivity index (χ3n) is 4.32. The predicted molar refractivity (Wildman–Crippen MR) is 80.4 cm³/mol. The van der Waals surface area contributed by atoms with E-state index in [4.69, 9.17) is 15.5 Å². The molecule has 1 fully saturated rings. The van der Waals surface area contributed by atoms with Gasteiger partial charge in [-0.3, -0.25) is 0 Å². The van der Waals surface area contributed by atoms with E-state index in [1.54, 1.807) is 11.3 Å². The molecule has 1 aliphatic carbocycles. The van der Waals surface area contributed by atoms with Crippen LogP contribution in [0.15, 0.2) is 0 Å². The van der Waals surface area contributed by atoms with Crippen LogP contribution in [0.2, 0.25) is 0 Å². The zero-order valence-electron chi connectivity index (χ0n) is 12.5. The van der Waals surface area contributed by atoms with Crippen LogP contribution < -0.4 is 5.73 Å². The molecule has 2 N–H and O–H groups in total. The normalized spacial score (nSPS) is 28.0. The summed E-state index contributed by atoms with van der Waals surface area (Å²) in [7, 11) is 1.83. The fourth-order valence-corrected chi connectivity index (χ4v) is 4.21. The maximum absolute atomic E-state index is 5.91. The van der Waals surface area contributed by atoms with Crippen molar-refractivity contribution in [1.82, 2.24) is 4.98 Å². The Kier molecular flexibility index (Phi) is 4.64. The van der Waals surface area contributed by atoms with Crippen LogP contribution in [0.25, 0.3) is 0 Å². The van der Waals surface area contributed by atoms with Crippen molar-refractivity contribution in [3.8, 4) is 0 Å². The Morgan fingerprint density at radius 3 is 2.47 bits per heavy atom. The summed E-state index contributed by atoms with van der Waals surface area (Å²) in [6.45, 7) is 7.27. The molecular weight excluding hydrogens is 256 g/mol.